The maximum Gasteiger partial charge on any atom is 0.228 e. The van der Waals surface area contributed by atoms with Crippen LogP contribution < -0.4 is 5.32 Å². The van der Waals surface area contributed by atoms with Crippen molar-refractivity contribution in [3.05, 3.63) is 89.9 Å². The fourth-order valence-electron chi connectivity index (χ4n) is 3.95. The van der Waals surface area contributed by atoms with Gasteiger partial charge in [0.05, 0.1) is 22.7 Å². The number of hydrogen-bond donors (Lipinski definition) is 1. The van der Waals surface area contributed by atoms with Crippen LogP contribution in [0.25, 0.3) is 22.2 Å². The van der Waals surface area contributed by atoms with Gasteiger partial charge in [0.1, 0.15) is 5.03 Å². The highest BCUT2D eigenvalue weighted by atomic mass is 32.2. The number of pyridine rings is 1. The Morgan fingerprint density at radius 2 is 1.74 bits per heavy atom. The minimum absolute atomic E-state index is 0.521. The lowest BCUT2D eigenvalue weighted by molar-refractivity contribution is 0.937. The van der Waals surface area contributed by atoms with Crippen LogP contribution in [0.3, 0.4) is 0 Å². The van der Waals surface area contributed by atoms with Gasteiger partial charge in [-0.25, -0.2) is 9.97 Å². The number of aryl methyl sites for hydroxylation is 3. The standard InChI is InChI=1S/C27H22N6S/c1-17-13-21(20-5-4-11-29-16-20)14-18(2)25(17)34-26-24-23(10-12-33(24)3)31-27(32-26)30-22-8-6-19(15-28)7-9-22/h4-14,16H,1-3H3,(H,30,31,32). The van der Waals surface area contributed by atoms with Crippen LogP contribution in [-0.4, -0.2) is 19.5 Å². The maximum atomic E-state index is 9.04. The summed E-state index contributed by atoms with van der Waals surface area (Å²) in [6, 6.07) is 19.8. The van der Waals surface area contributed by atoms with E-state index in [1.807, 2.05) is 43.7 Å². The summed E-state index contributed by atoms with van der Waals surface area (Å²) in [5.41, 5.74) is 7.94. The van der Waals surface area contributed by atoms with Crippen LogP contribution in [0.5, 0.6) is 0 Å². The Hall–Kier alpha value is -4.15. The van der Waals surface area contributed by atoms with Crippen molar-refractivity contribution in [3.8, 4) is 17.2 Å². The van der Waals surface area contributed by atoms with Crippen LogP contribution in [0.1, 0.15) is 16.7 Å². The number of nitriles is 1. The van der Waals surface area contributed by atoms with Gasteiger partial charge in [-0.05, 0) is 66.9 Å². The predicted octanol–water partition coefficient (Wildman–Crippen LogP) is 6.41. The van der Waals surface area contributed by atoms with E-state index in [1.165, 1.54) is 16.0 Å². The number of anilines is 2. The van der Waals surface area contributed by atoms with E-state index in [2.05, 4.69) is 53.0 Å². The third-order valence-corrected chi connectivity index (χ3v) is 6.94. The molecular weight excluding hydrogens is 440 g/mol. The van der Waals surface area contributed by atoms with Crippen molar-refractivity contribution >= 4 is 34.4 Å². The maximum absolute atomic E-state index is 9.04. The van der Waals surface area contributed by atoms with Gasteiger partial charge in [0, 0.05) is 41.8 Å². The van der Waals surface area contributed by atoms with Gasteiger partial charge in [-0.3, -0.25) is 4.98 Å². The molecule has 0 fully saturated rings. The summed E-state index contributed by atoms with van der Waals surface area (Å²) >= 11 is 1.65. The Balaban J connectivity index is 1.53. The molecule has 1 N–H and O–H groups in total. The van der Waals surface area contributed by atoms with Crippen molar-refractivity contribution in [1.82, 2.24) is 19.5 Å². The summed E-state index contributed by atoms with van der Waals surface area (Å²) in [4.78, 5) is 15.0. The molecule has 0 saturated carbocycles. The van der Waals surface area contributed by atoms with E-state index in [4.69, 9.17) is 15.2 Å². The van der Waals surface area contributed by atoms with E-state index < -0.39 is 0 Å². The number of hydrogen-bond acceptors (Lipinski definition) is 6. The van der Waals surface area contributed by atoms with Crippen molar-refractivity contribution in [3.63, 3.8) is 0 Å². The average Bonchev–Trinajstić information content (AvgIpc) is 3.23. The third-order valence-electron chi connectivity index (χ3n) is 5.61. The largest absolute Gasteiger partial charge is 0.347 e. The number of rotatable bonds is 5. The highest BCUT2D eigenvalue weighted by molar-refractivity contribution is 7.99. The molecule has 0 amide bonds. The summed E-state index contributed by atoms with van der Waals surface area (Å²) < 4.78 is 2.05. The number of fused-ring (bicyclic) bond motifs is 1. The Morgan fingerprint density at radius 3 is 2.41 bits per heavy atom. The molecule has 3 aromatic heterocycles. The second kappa shape index (κ2) is 9.00. The molecule has 34 heavy (non-hydrogen) atoms. The van der Waals surface area contributed by atoms with E-state index in [0.29, 0.717) is 11.5 Å². The molecule has 2 aromatic carbocycles. The molecule has 7 heteroatoms. The first-order valence-electron chi connectivity index (χ1n) is 10.8. The summed E-state index contributed by atoms with van der Waals surface area (Å²) in [5.74, 6) is 0.521. The van der Waals surface area contributed by atoms with Crippen molar-refractivity contribution < 1.29 is 0 Å². The van der Waals surface area contributed by atoms with Gasteiger partial charge in [0.2, 0.25) is 5.95 Å². The molecule has 0 aliphatic carbocycles. The molecule has 0 aliphatic heterocycles. The summed E-state index contributed by atoms with van der Waals surface area (Å²) in [6.45, 7) is 4.27. The smallest absolute Gasteiger partial charge is 0.228 e. The first kappa shape index (κ1) is 21.7. The van der Waals surface area contributed by atoms with Gasteiger partial charge in [0.25, 0.3) is 0 Å². The zero-order chi connectivity index (χ0) is 23.7. The van der Waals surface area contributed by atoms with E-state index in [9.17, 15) is 0 Å². The van der Waals surface area contributed by atoms with Crippen molar-refractivity contribution in [2.75, 3.05) is 5.32 Å². The Labute approximate surface area is 202 Å². The summed E-state index contributed by atoms with van der Waals surface area (Å²) in [5, 5.41) is 13.2. The second-order valence-electron chi connectivity index (χ2n) is 8.11. The second-order valence-corrected chi connectivity index (χ2v) is 9.11. The summed E-state index contributed by atoms with van der Waals surface area (Å²) in [6.07, 6.45) is 5.68. The normalized spacial score (nSPS) is 10.9. The molecule has 5 aromatic rings. The van der Waals surface area contributed by atoms with Gasteiger partial charge < -0.3 is 9.88 Å². The number of aromatic nitrogens is 4. The lowest BCUT2D eigenvalue weighted by atomic mass is 10.0. The minimum Gasteiger partial charge on any atom is -0.347 e. The molecule has 0 atom stereocenters. The zero-order valence-electron chi connectivity index (χ0n) is 19.1. The first-order valence-corrected chi connectivity index (χ1v) is 11.6. The van der Waals surface area contributed by atoms with Crippen molar-refractivity contribution in [2.24, 2.45) is 7.05 Å². The molecule has 3 heterocycles. The van der Waals surface area contributed by atoms with Gasteiger partial charge in [-0.15, -0.1) is 0 Å². The molecule has 0 spiro atoms. The summed E-state index contributed by atoms with van der Waals surface area (Å²) in [7, 11) is 2.01. The Kier molecular flexibility index (Phi) is 5.74. The average molecular weight is 463 g/mol. The van der Waals surface area contributed by atoms with Crippen LogP contribution in [0.15, 0.2) is 83.1 Å². The lowest BCUT2D eigenvalue weighted by Crippen LogP contribution is -2.01. The van der Waals surface area contributed by atoms with Crippen molar-refractivity contribution in [2.45, 2.75) is 23.8 Å². The van der Waals surface area contributed by atoms with Crippen LogP contribution in [-0.2, 0) is 7.05 Å². The fraction of sp³-hybridized carbons (Fsp3) is 0.111. The Morgan fingerprint density at radius 1 is 0.971 bits per heavy atom. The molecular formula is C27H22N6S. The molecule has 0 unspecified atom stereocenters. The minimum atomic E-state index is 0.521. The molecule has 0 bridgehead atoms. The molecule has 5 rings (SSSR count). The molecule has 0 aliphatic rings. The fourth-order valence-corrected chi connectivity index (χ4v) is 5.06. The third kappa shape index (κ3) is 4.24. The highest BCUT2D eigenvalue weighted by Gasteiger charge is 2.16. The van der Waals surface area contributed by atoms with Crippen LogP contribution in [0.2, 0.25) is 0 Å². The Bertz CT molecular complexity index is 1510. The van der Waals surface area contributed by atoms with Crippen LogP contribution in [0, 0.1) is 25.2 Å². The van der Waals surface area contributed by atoms with E-state index in [-0.39, 0.29) is 0 Å². The number of benzene rings is 2. The van der Waals surface area contributed by atoms with Crippen LogP contribution in [0.4, 0.5) is 11.6 Å². The van der Waals surface area contributed by atoms with E-state index >= 15 is 0 Å². The molecule has 6 nitrogen and oxygen atoms in total. The van der Waals surface area contributed by atoms with E-state index in [0.717, 1.165) is 32.9 Å². The topological polar surface area (TPSA) is 79.4 Å². The molecule has 0 radical (unpaired) electrons. The number of nitrogens with one attached hydrogen (secondary N) is 1. The monoisotopic (exact) mass is 462 g/mol. The SMILES string of the molecule is Cc1cc(-c2cccnc2)cc(C)c1Sc1nc(Nc2ccc(C#N)cc2)nc2ccn(C)c12. The lowest BCUT2D eigenvalue weighted by Gasteiger charge is -2.14. The van der Waals surface area contributed by atoms with Crippen LogP contribution >= 0.6 is 11.8 Å². The van der Waals surface area contributed by atoms with Gasteiger partial charge >= 0.3 is 0 Å². The first-order chi connectivity index (χ1) is 16.5. The quantitative estimate of drug-likeness (QED) is 0.304. The zero-order valence-corrected chi connectivity index (χ0v) is 19.9. The highest BCUT2D eigenvalue weighted by Crippen LogP contribution is 2.38. The number of nitrogens with zero attached hydrogens (tertiary/aromatic N) is 5. The van der Waals surface area contributed by atoms with Gasteiger partial charge in [-0.1, -0.05) is 30.0 Å². The molecule has 166 valence electrons. The van der Waals surface area contributed by atoms with Gasteiger partial charge in [-0.2, -0.15) is 5.26 Å². The predicted molar refractivity (Wildman–Crippen MR) is 136 cm³/mol. The van der Waals surface area contributed by atoms with Crippen molar-refractivity contribution in [1.29, 1.82) is 5.26 Å². The van der Waals surface area contributed by atoms with Gasteiger partial charge in [0.15, 0.2) is 0 Å². The van der Waals surface area contributed by atoms with E-state index in [1.54, 1.807) is 30.1 Å². The molecule has 0 saturated heterocycles.